The van der Waals surface area contributed by atoms with Gasteiger partial charge in [0.15, 0.2) is 11.5 Å². The standard InChI is InChI=1S/C45H70O5/c1-4-6-8-10-12-14-16-18-19-21-23-25-27-29-31-33-39-44(41(48)36-42(50-3)45(39)49)43-37(34-38(46)35-40(43)47)32-30-28-26-24-22-20-17-15-13-11-9-7-5-2/h15,17-19,34-36,46-47H,4-14,16,20-33H2,1-3H3/b17-15-,19-18-. The van der Waals surface area contributed by atoms with Gasteiger partial charge in [-0.1, -0.05) is 128 Å². The molecule has 0 amide bonds. The summed E-state index contributed by atoms with van der Waals surface area (Å²) in [4.78, 5) is 27.0. The van der Waals surface area contributed by atoms with Crippen LogP contribution in [0.3, 0.4) is 0 Å². The topological polar surface area (TPSA) is 83.8 Å². The highest BCUT2D eigenvalue weighted by Gasteiger charge is 2.32. The first-order valence-electron chi connectivity index (χ1n) is 20.4. The SMILES string of the molecule is CCCCCC/C=C\CCCCCCCc1cc(O)cc(O)c1C1=C(CCCCCCC/C=C\CCCCCCCC)C(=O)C(OC)=CC1=O. The molecule has 0 saturated carbocycles. The largest absolute Gasteiger partial charge is 0.508 e. The normalized spacial score (nSPS) is 13.7. The number of rotatable bonds is 30. The average molecular weight is 691 g/mol. The van der Waals surface area contributed by atoms with Crippen LogP contribution in [0.5, 0.6) is 11.5 Å². The second-order valence-corrected chi connectivity index (χ2v) is 14.2. The summed E-state index contributed by atoms with van der Waals surface area (Å²) in [6, 6.07) is 2.91. The van der Waals surface area contributed by atoms with Crippen LogP contribution in [0, 0.1) is 0 Å². The lowest BCUT2D eigenvalue weighted by Crippen LogP contribution is -2.20. The van der Waals surface area contributed by atoms with Crippen LogP contribution in [0.1, 0.15) is 185 Å². The van der Waals surface area contributed by atoms with E-state index in [-0.39, 0.29) is 34.4 Å². The molecule has 5 heteroatoms. The van der Waals surface area contributed by atoms with Crippen LogP contribution in [-0.2, 0) is 20.7 Å². The minimum atomic E-state index is -0.329. The van der Waals surface area contributed by atoms with Gasteiger partial charge in [0.05, 0.1) is 7.11 Å². The fourth-order valence-corrected chi connectivity index (χ4v) is 6.89. The zero-order valence-electron chi connectivity index (χ0n) is 32.0. The summed E-state index contributed by atoms with van der Waals surface area (Å²) in [5, 5.41) is 21.4. The van der Waals surface area contributed by atoms with Gasteiger partial charge in [-0.25, -0.2) is 0 Å². The van der Waals surface area contributed by atoms with Gasteiger partial charge in [0, 0.05) is 28.9 Å². The van der Waals surface area contributed by atoms with Crippen molar-refractivity contribution in [3.8, 4) is 11.5 Å². The number of ketones is 2. The van der Waals surface area contributed by atoms with Crippen LogP contribution in [-0.4, -0.2) is 28.9 Å². The highest BCUT2D eigenvalue weighted by atomic mass is 16.5. The van der Waals surface area contributed by atoms with Crippen molar-refractivity contribution in [2.45, 2.75) is 181 Å². The number of benzene rings is 1. The lowest BCUT2D eigenvalue weighted by molar-refractivity contribution is -0.117. The zero-order valence-corrected chi connectivity index (χ0v) is 32.0. The number of ether oxygens (including phenoxy) is 1. The van der Waals surface area contributed by atoms with Crippen LogP contribution in [0.2, 0.25) is 0 Å². The number of hydrogen-bond acceptors (Lipinski definition) is 5. The first-order valence-corrected chi connectivity index (χ1v) is 20.4. The summed E-state index contributed by atoms with van der Waals surface area (Å²) >= 11 is 0. The van der Waals surface area contributed by atoms with E-state index in [9.17, 15) is 19.8 Å². The fourth-order valence-electron chi connectivity index (χ4n) is 6.89. The molecule has 0 bridgehead atoms. The third kappa shape index (κ3) is 17.2. The number of methoxy groups -OCH3 is 1. The van der Waals surface area contributed by atoms with Gasteiger partial charge in [-0.3, -0.25) is 9.59 Å². The van der Waals surface area contributed by atoms with Crippen molar-refractivity contribution in [1.29, 1.82) is 0 Å². The quantitative estimate of drug-likeness (QED) is 0.0477. The van der Waals surface area contributed by atoms with Crippen molar-refractivity contribution in [1.82, 2.24) is 0 Å². The number of aromatic hydroxyl groups is 2. The molecule has 50 heavy (non-hydrogen) atoms. The number of phenols is 2. The predicted molar refractivity (Wildman–Crippen MR) is 211 cm³/mol. The Bertz CT molecular complexity index is 1230. The molecule has 2 N–H and O–H groups in total. The van der Waals surface area contributed by atoms with E-state index >= 15 is 0 Å². The Morgan fingerprint density at radius 1 is 0.580 bits per heavy atom. The van der Waals surface area contributed by atoms with Gasteiger partial charge < -0.3 is 14.9 Å². The van der Waals surface area contributed by atoms with Gasteiger partial charge in [-0.2, -0.15) is 0 Å². The summed E-state index contributed by atoms with van der Waals surface area (Å²) in [5.74, 6) is -0.762. The van der Waals surface area contributed by atoms with Crippen molar-refractivity contribution in [2.24, 2.45) is 0 Å². The Morgan fingerprint density at radius 3 is 1.52 bits per heavy atom. The maximum atomic E-state index is 13.5. The van der Waals surface area contributed by atoms with Crippen LogP contribution < -0.4 is 0 Å². The molecule has 0 spiro atoms. The molecule has 0 aliphatic heterocycles. The molecule has 0 unspecified atom stereocenters. The summed E-state index contributed by atoms with van der Waals surface area (Å²) < 4.78 is 5.29. The van der Waals surface area contributed by atoms with Crippen LogP contribution in [0.25, 0.3) is 5.57 Å². The Hall–Kier alpha value is -3.08. The van der Waals surface area contributed by atoms with E-state index in [1.165, 1.54) is 109 Å². The van der Waals surface area contributed by atoms with Crippen molar-refractivity contribution >= 4 is 17.1 Å². The molecule has 0 fully saturated rings. The van der Waals surface area contributed by atoms with Gasteiger partial charge in [-0.05, 0) is 88.7 Å². The molecular weight excluding hydrogens is 620 g/mol. The average Bonchev–Trinajstić information content (AvgIpc) is 3.10. The molecule has 0 radical (unpaired) electrons. The molecule has 280 valence electrons. The summed E-state index contributed by atoms with van der Waals surface area (Å²) in [6.07, 6.45) is 40.0. The molecule has 0 atom stereocenters. The van der Waals surface area contributed by atoms with Crippen LogP contribution >= 0.6 is 0 Å². The third-order valence-electron chi connectivity index (χ3n) is 9.86. The maximum Gasteiger partial charge on any atom is 0.224 e. The maximum absolute atomic E-state index is 13.5. The van der Waals surface area contributed by atoms with Crippen LogP contribution in [0.15, 0.2) is 53.8 Å². The lowest BCUT2D eigenvalue weighted by atomic mass is 9.82. The predicted octanol–water partition coefficient (Wildman–Crippen LogP) is 13.0. The Morgan fingerprint density at radius 2 is 1.02 bits per heavy atom. The molecule has 0 heterocycles. The molecule has 1 aliphatic rings. The first kappa shape index (κ1) is 43.1. The van der Waals surface area contributed by atoms with Crippen molar-refractivity contribution in [2.75, 3.05) is 7.11 Å². The number of unbranched alkanes of at least 4 members (excludes halogenated alkanes) is 20. The molecule has 0 saturated heterocycles. The highest BCUT2D eigenvalue weighted by molar-refractivity contribution is 6.37. The molecule has 1 aromatic carbocycles. The Kier molecular flexibility index (Phi) is 23.8. The lowest BCUT2D eigenvalue weighted by Gasteiger charge is -2.22. The van der Waals surface area contributed by atoms with E-state index < -0.39 is 0 Å². The number of carbonyl (C=O) groups excluding carboxylic acids is 2. The van der Waals surface area contributed by atoms with Crippen molar-refractivity contribution < 1.29 is 24.5 Å². The van der Waals surface area contributed by atoms with E-state index in [1.54, 1.807) is 6.07 Å². The molecular formula is C45H70O5. The number of allylic oxidation sites excluding steroid dienone is 7. The number of Topliss-reactive ketones (excluding diaryl/α,β-unsaturated/α-hetero) is 1. The number of carbonyl (C=O) groups is 2. The van der Waals surface area contributed by atoms with Crippen molar-refractivity contribution in [3.63, 3.8) is 0 Å². The Balaban J connectivity index is 1.89. The van der Waals surface area contributed by atoms with Gasteiger partial charge in [0.2, 0.25) is 5.78 Å². The molecule has 1 aromatic rings. The number of hydrogen-bond donors (Lipinski definition) is 2. The van der Waals surface area contributed by atoms with Gasteiger partial charge >= 0.3 is 0 Å². The third-order valence-corrected chi connectivity index (χ3v) is 9.86. The molecule has 5 nitrogen and oxygen atoms in total. The van der Waals surface area contributed by atoms with E-state index in [1.807, 2.05) is 0 Å². The van der Waals surface area contributed by atoms with Crippen LogP contribution in [0.4, 0.5) is 0 Å². The van der Waals surface area contributed by atoms with Gasteiger partial charge in [0.1, 0.15) is 11.5 Å². The molecule has 1 aliphatic carbocycles. The van der Waals surface area contributed by atoms with Gasteiger partial charge in [-0.15, -0.1) is 0 Å². The van der Waals surface area contributed by atoms with Crippen molar-refractivity contribution in [3.05, 3.63) is 65.0 Å². The van der Waals surface area contributed by atoms with E-state index in [2.05, 4.69) is 38.2 Å². The monoisotopic (exact) mass is 691 g/mol. The van der Waals surface area contributed by atoms with E-state index in [4.69, 9.17) is 4.74 Å². The second kappa shape index (κ2) is 27.6. The summed E-state index contributed by atoms with van der Waals surface area (Å²) in [7, 11) is 1.41. The Labute approximate surface area is 305 Å². The number of aryl methyl sites for hydroxylation is 1. The minimum Gasteiger partial charge on any atom is -0.508 e. The highest BCUT2D eigenvalue weighted by Crippen LogP contribution is 2.40. The minimum absolute atomic E-state index is 0.0372. The first-order chi connectivity index (χ1) is 24.4. The summed E-state index contributed by atoms with van der Waals surface area (Å²) in [5.41, 5.74) is 1.77. The fraction of sp³-hybridized carbons (Fsp3) is 0.644. The van der Waals surface area contributed by atoms with E-state index in [0.717, 1.165) is 64.2 Å². The van der Waals surface area contributed by atoms with Gasteiger partial charge in [0.25, 0.3) is 0 Å². The smallest absolute Gasteiger partial charge is 0.224 e. The zero-order chi connectivity index (χ0) is 36.2. The molecule has 0 aromatic heterocycles. The summed E-state index contributed by atoms with van der Waals surface area (Å²) in [6.45, 7) is 4.50. The molecule has 2 rings (SSSR count). The number of phenolic OH excluding ortho intramolecular Hbond substituents is 2. The van der Waals surface area contributed by atoms with E-state index in [0.29, 0.717) is 29.5 Å². The second-order valence-electron chi connectivity index (χ2n) is 14.2.